The Morgan fingerprint density at radius 3 is 2.20 bits per heavy atom. The first-order valence-corrected chi connectivity index (χ1v) is 16.9. The molecule has 2 aliphatic rings. The lowest BCUT2D eigenvalue weighted by Gasteiger charge is -2.28. The van der Waals surface area contributed by atoms with E-state index in [1.165, 1.54) is 0 Å². The molecule has 0 spiro atoms. The molecule has 3 heterocycles. The first-order valence-electron chi connectivity index (χ1n) is 16.9. The average molecular weight is 685 g/mol. The second kappa shape index (κ2) is 14.2. The Kier molecular flexibility index (Phi) is 9.32. The van der Waals surface area contributed by atoms with Crippen LogP contribution in [-0.4, -0.2) is 49.3 Å². The molecular weight excluding hydrogens is 644 g/mol. The van der Waals surface area contributed by atoms with Crippen LogP contribution in [-0.2, 0) is 17.9 Å². The third-order valence-electron chi connectivity index (χ3n) is 10.2. The highest BCUT2D eigenvalue weighted by Gasteiger charge is 2.61. The molecule has 1 N–H and O–H groups in total. The van der Waals surface area contributed by atoms with Gasteiger partial charge in [-0.15, -0.1) is 0 Å². The Bertz CT molecular complexity index is 2090. The van der Waals surface area contributed by atoms with Gasteiger partial charge in [-0.25, -0.2) is 9.97 Å². The number of carbonyl (C=O) groups excluding carboxylic acids is 1. The largest absolute Gasteiger partial charge is 0.497 e. The van der Waals surface area contributed by atoms with Gasteiger partial charge in [-0.1, -0.05) is 0 Å². The van der Waals surface area contributed by atoms with Crippen molar-refractivity contribution in [2.45, 2.75) is 32.9 Å². The van der Waals surface area contributed by atoms with Gasteiger partial charge in [0.2, 0.25) is 5.91 Å². The van der Waals surface area contributed by atoms with Crippen LogP contribution in [0.25, 0.3) is 22.0 Å². The fourth-order valence-electron chi connectivity index (χ4n) is 7.51. The van der Waals surface area contributed by atoms with E-state index in [1.807, 2.05) is 67.7 Å². The number of ether oxygens (including phenoxy) is 4. The van der Waals surface area contributed by atoms with Gasteiger partial charge < -0.3 is 29.2 Å². The lowest BCUT2D eigenvalue weighted by molar-refractivity contribution is -0.118. The number of pyridine rings is 3. The van der Waals surface area contributed by atoms with Crippen LogP contribution in [0.2, 0.25) is 0 Å². The standard InChI is InChI=1S/C40H40N6O5/c1-23-12-13-42-19-31(23)33-14-27-15-36(45-40(47)38-30-11-8-24(18-41)37(30)38)43-20-32(27)39(44-33)46(21-25-6-9-28(48-2)16-34(25)50-4)22-26-7-10-29(49-3)17-35(26)51-5/h6-7,9-10,12-17,19-20,24,30,37-38H,8,11,21-22H2,1-5H3,(H,43,45,47). The third kappa shape index (κ3) is 6.57. The second-order valence-electron chi connectivity index (χ2n) is 13.1. The lowest BCUT2D eigenvalue weighted by Crippen LogP contribution is -2.24. The van der Waals surface area contributed by atoms with Crippen LogP contribution in [0.3, 0.4) is 0 Å². The fourth-order valence-corrected chi connectivity index (χ4v) is 7.51. The van der Waals surface area contributed by atoms with Crippen LogP contribution in [0.5, 0.6) is 23.0 Å². The van der Waals surface area contributed by atoms with Crippen molar-refractivity contribution in [1.29, 1.82) is 5.26 Å². The zero-order chi connectivity index (χ0) is 35.6. The lowest BCUT2D eigenvalue weighted by atomic mass is 10.0. The summed E-state index contributed by atoms with van der Waals surface area (Å²) in [6.45, 7) is 2.87. The first kappa shape index (κ1) is 33.6. The van der Waals surface area contributed by atoms with Gasteiger partial charge in [0.25, 0.3) is 0 Å². The summed E-state index contributed by atoms with van der Waals surface area (Å²) in [4.78, 5) is 30.0. The number of fused-ring (bicyclic) bond motifs is 2. The molecule has 3 aromatic heterocycles. The number of nitriles is 1. The van der Waals surface area contributed by atoms with E-state index in [1.54, 1.807) is 40.8 Å². The predicted octanol–water partition coefficient (Wildman–Crippen LogP) is 6.98. The molecule has 4 unspecified atom stereocenters. The van der Waals surface area contributed by atoms with Crippen LogP contribution in [0.4, 0.5) is 11.6 Å². The molecule has 0 aliphatic heterocycles. The van der Waals surface area contributed by atoms with Crippen LogP contribution >= 0.6 is 0 Å². The van der Waals surface area contributed by atoms with Crippen LogP contribution in [0, 0.1) is 41.9 Å². The minimum Gasteiger partial charge on any atom is -0.497 e. The quantitative estimate of drug-likeness (QED) is 0.147. The number of nitrogens with zero attached hydrogens (tertiary/aromatic N) is 5. The van der Waals surface area contributed by atoms with E-state index in [2.05, 4.69) is 21.3 Å². The highest BCUT2D eigenvalue weighted by Crippen LogP contribution is 2.60. The molecule has 2 fully saturated rings. The van der Waals surface area contributed by atoms with E-state index in [0.29, 0.717) is 47.7 Å². The maximum Gasteiger partial charge on any atom is 0.229 e. The predicted molar refractivity (Wildman–Crippen MR) is 194 cm³/mol. The van der Waals surface area contributed by atoms with Gasteiger partial charge in [-0.05, 0) is 85.0 Å². The summed E-state index contributed by atoms with van der Waals surface area (Å²) in [7, 11) is 6.54. The SMILES string of the molecule is COc1ccc(CN(Cc2ccc(OC)cc2OC)c2nc(-c3cnccc3C)cc3cc(NC(=O)C4C5CCC(C#N)C54)ncc23)c(OC)c1. The molecule has 5 aromatic rings. The molecule has 11 nitrogen and oxygen atoms in total. The molecule has 2 aliphatic carbocycles. The molecule has 2 saturated carbocycles. The summed E-state index contributed by atoms with van der Waals surface area (Å²) >= 11 is 0. The molecule has 7 rings (SSSR count). The van der Waals surface area contributed by atoms with Crippen molar-refractivity contribution in [2.24, 2.45) is 23.7 Å². The number of nitrogens with one attached hydrogen (secondary N) is 1. The highest BCUT2D eigenvalue weighted by molar-refractivity contribution is 5.99. The van der Waals surface area contributed by atoms with Crippen LogP contribution in [0.1, 0.15) is 29.5 Å². The summed E-state index contributed by atoms with van der Waals surface area (Å²) < 4.78 is 22.6. The average Bonchev–Trinajstić information content (AvgIpc) is 3.73. The molecule has 11 heteroatoms. The summed E-state index contributed by atoms with van der Waals surface area (Å²) in [5, 5.41) is 14.2. The van der Waals surface area contributed by atoms with Crippen molar-refractivity contribution in [3.05, 3.63) is 89.9 Å². The van der Waals surface area contributed by atoms with Crippen LogP contribution < -0.4 is 29.2 Å². The van der Waals surface area contributed by atoms with Gasteiger partial charge in [-0.3, -0.25) is 9.78 Å². The number of hydrogen-bond acceptors (Lipinski definition) is 10. The van der Waals surface area contributed by atoms with E-state index in [0.717, 1.165) is 51.6 Å². The topological polar surface area (TPSA) is 132 Å². The summed E-state index contributed by atoms with van der Waals surface area (Å²) in [5.41, 5.74) is 4.49. The van der Waals surface area contributed by atoms with Gasteiger partial charge in [0.1, 0.15) is 34.6 Å². The third-order valence-corrected chi connectivity index (χ3v) is 10.2. The molecule has 4 atom stereocenters. The summed E-state index contributed by atoms with van der Waals surface area (Å²) in [6, 6.07) is 19.8. The minimum atomic E-state index is -0.142. The zero-order valence-electron chi connectivity index (χ0n) is 29.3. The van der Waals surface area contributed by atoms with E-state index < -0.39 is 0 Å². The molecule has 51 heavy (non-hydrogen) atoms. The van der Waals surface area contributed by atoms with Crippen molar-refractivity contribution in [2.75, 3.05) is 38.7 Å². The van der Waals surface area contributed by atoms with Crippen LogP contribution in [0.15, 0.2) is 73.2 Å². The number of amides is 1. The smallest absolute Gasteiger partial charge is 0.229 e. The van der Waals surface area contributed by atoms with Gasteiger partial charge in [-0.2, -0.15) is 5.26 Å². The van der Waals surface area contributed by atoms with E-state index >= 15 is 0 Å². The molecule has 0 radical (unpaired) electrons. The van der Waals surface area contributed by atoms with Gasteiger partial charge >= 0.3 is 0 Å². The molecule has 0 saturated heterocycles. The number of hydrogen-bond donors (Lipinski definition) is 1. The number of benzene rings is 2. The summed E-state index contributed by atoms with van der Waals surface area (Å²) in [5.74, 6) is 4.03. The molecule has 1 amide bonds. The first-order chi connectivity index (χ1) is 24.8. The van der Waals surface area contributed by atoms with Crippen molar-refractivity contribution >= 4 is 28.3 Å². The Labute approximate surface area is 297 Å². The Morgan fingerprint density at radius 2 is 1.59 bits per heavy atom. The highest BCUT2D eigenvalue weighted by atomic mass is 16.5. The minimum absolute atomic E-state index is 0.0474. The van der Waals surface area contributed by atoms with Crippen molar-refractivity contribution in [1.82, 2.24) is 15.0 Å². The Balaban J connectivity index is 1.34. The van der Waals surface area contributed by atoms with E-state index in [-0.39, 0.29) is 29.6 Å². The number of aryl methyl sites for hydroxylation is 1. The number of rotatable bonds is 12. The number of anilines is 2. The fraction of sp³-hybridized carbons (Fsp3) is 0.325. The van der Waals surface area contributed by atoms with Crippen molar-refractivity contribution in [3.8, 4) is 40.3 Å². The maximum atomic E-state index is 13.4. The Morgan fingerprint density at radius 1 is 0.902 bits per heavy atom. The van der Waals surface area contributed by atoms with Crippen molar-refractivity contribution < 1.29 is 23.7 Å². The summed E-state index contributed by atoms with van der Waals surface area (Å²) in [6.07, 6.45) is 7.14. The normalized spacial score (nSPS) is 18.7. The molecule has 0 bridgehead atoms. The Hall–Kier alpha value is -5.89. The van der Waals surface area contributed by atoms with Gasteiger partial charge in [0.15, 0.2) is 0 Å². The van der Waals surface area contributed by atoms with Gasteiger partial charge in [0, 0.05) is 71.8 Å². The second-order valence-corrected chi connectivity index (χ2v) is 13.1. The number of methoxy groups -OCH3 is 4. The molecular formula is C40H40N6O5. The molecule has 2 aromatic carbocycles. The molecule has 260 valence electrons. The van der Waals surface area contributed by atoms with E-state index in [9.17, 15) is 10.1 Å². The van der Waals surface area contributed by atoms with Crippen molar-refractivity contribution in [3.63, 3.8) is 0 Å². The van der Waals surface area contributed by atoms with Gasteiger partial charge in [0.05, 0.1) is 46.1 Å². The monoisotopic (exact) mass is 684 g/mol. The zero-order valence-corrected chi connectivity index (χ0v) is 29.3. The number of carbonyl (C=O) groups is 1. The number of aromatic nitrogens is 3. The van der Waals surface area contributed by atoms with E-state index in [4.69, 9.17) is 28.9 Å². The maximum absolute atomic E-state index is 13.4.